The molecule has 0 spiro atoms. The van der Waals surface area contributed by atoms with Gasteiger partial charge in [0.1, 0.15) is 11.9 Å². The lowest BCUT2D eigenvalue weighted by atomic mass is 9.88. The summed E-state index contributed by atoms with van der Waals surface area (Å²) in [6, 6.07) is 21.8. The molecule has 1 aromatic heterocycles. The number of benzene rings is 3. The Morgan fingerprint density at radius 1 is 0.743 bits per heavy atom. The molecule has 0 bridgehead atoms. The van der Waals surface area contributed by atoms with Gasteiger partial charge in [-0.3, -0.25) is 4.79 Å². The van der Waals surface area contributed by atoms with E-state index in [0.717, 1.165) is 16.9 Å². The summed E-state index contributed by atoms with van der Waals surface area (Å²) in [6.07, 6.45) is -0.275. The number of carbonyl (C=O) groups is 1. The minimum Gasteiger partial charge on any atom is -0.456 e. The van der Waals surface area contributed by atoms with E-state index in [1.54, 1.807) is 6.07 Å². The SMILES string of the molecule is Cc1c(C)c(C)c(Cc2ccc(C(=O)NC(c3ccccc3)C(O)c3ccccc3)o2)c(C)c1C. The molecule has 0 fully saturated rings. The van der Waals surface area contributed by atoms with Gasteiger partial charge in [0, 0.05) is 6.42 Å². The van der Waals surface area contributed by atoms with Crippen molar-refractivity contribution in [3.8, 4) is 0 Å². The second-order valence-electron chi connectivity index (χ2n) is 9.26. The lowest BCUT2D eigenvalue weighted by Crippen LogP contribution is -2.32. The first-order valence-corrected chi connectivity index (χ1v) is 12.0. The molecule has 1 amide bonds. The van der Waals surface area contributed by atoms with E-state index >= 15 is 0 Å². The van der Waals surface area contributed by atoms with Crippen LogP contribution in [-0.4, -0.2) is 11.0 Å². The quantitative estimate of drug-likeness (QED) is 0.321. The van der Waals surface area contributed by atoms with Crippen LogP contribution in [0.5, 0.6) is 0 Å². The number of aliphatic hydroxyl groups is 1. The molecule has 2 N–H and O–H groups in total. The molecular formula is C31H33NO3. The molecule has 4 nitrogen and oxygen atoms in total. The molecular weight excluding hydrogens is 434 g/mol. The molecule has 0 saturated heterocycles. The number of rotatable bonds is 7. The van der Waals surface area contributed by atoms with E-state index in [1.807, 2.05) is 66.7 Å². The van der Waals surface area contributed by atoms with E-state index in [0.29, 0.717) is 6.42 Å². The fourth-order valence-corrected chi connectivity index (χ4v) is 4.67. The van der Waals surface area contributed by atoms with Gasteiger partial charge in [-0.25, -0.2) is 0 Å². The average molecular weight is 468 g/mol. The van der Waals surface area contributed by atoms with Crippen LogP contribution in [0.1, 0.15) is 73.0 Å². The zero-order valence-electron chi connectivity index (χ0n) is 21.1. The van der Waals surface area contributed by atoms with Crippen molar-refractivity contribution in [3.05, 3.63) is 129 Å². The van der Waals surface area contributed by atoms with Crippen molar-refractivity contribution in [1.82, 2.24) is 5.32 Å². The minimum absolute atomic E-state index is 0.233. The highest BCUT2D eigenvalue weighted by Crippen LogP contribution is 2.30. The highest BCUT2D eigenvalue weighted by Gasteiger charge is 2.26. The largest absolute Gasteiger partial charge is 0.456 e. The molecule has 180 valence electrons. The molecule has 4 rings (SSSR count). The fraction of sp³-hybridized carbons (Fsp3) is 0.258. The molecule has 0 saturated carbocycles. The van der Waals surface area contributed by atoms with Gasteiger partial charge >= 0.3 is 0 Å². The number of nitrogens with one attached hydrogen (secondary N) is 1. The van der Waals surface area contributed by atoms with Crippen LogP contribution < -0.4 is 5.32 Å². The van der Waals surface area contributed by atoms with Crippen LogP contribution in [0.15, 0.2) is 77.2 Å². The molecule has 35 heavy (non-hydrogen) atoms. The molecule has 0 aliphatic heterocycles. The predicted molar refractivity (Wildman–Crippen MR) is 140 cm³/mol. The normalized spacial score (nSPS) is 12.9. The summed E-state index contributed by atoms with van der Waals surface area (Å²) in [4.78, 5) is 13.2. The summed E-state index contributed by atoms with van der Waals surface area (Å²) in [5.41, 5.74) is 9.26. The van der Waals surface area contributed by atoms with Crippen LogP contribution in [0.2, 0.25) is 0 Å². The van der Waals surface area contributed by atoms with Gasteiger partial charge in [0.15, 0.2) is 5.76 Å². The van der Waals surface area contributed by atoms with E-state index in [4.69, 9.17) is 4.42 Å². The number of amides is 1. The Labute approximate surface area is 207 Å². The topological polar surface area (TPSA) is 62.5 Å². The number of hydrogen-bond donors (Lipinski definition) is 2. The standard InChI is InChI=1S/C31H33NO3/c1-19-20(2)22(4)27(23(5)21(19)3)18-26-16-17-28(35-26)31(34)32-29(24-12-8-6-9-13-24)30(33)25-14-10-7-11-15-25/h6-17,29-30,33H,18H2,1-5H3,(H,32,34). The number of aliphatic hydroxyl groups excluding tert-OH is 1. The van der Waals surface area contributed by atoms with Crippen LogP contribution in [0.25, 0.3) is 0 Å². The van der Waals surface area contributed by atoms with Crippen molar-refractivity contribution in [2.75, 3.05) is 0 Å². The molecule has 1 heterocycles. The third kappa shape index (κ3) is 5.08. The summed E-state index contributed by atoms with van der Waals surface area (Å²) in [7, 11) is 0. The first kappa shape index (κ1) is 24.5. The van der Waals surface area contributed by atoms with E-state index in [9.17, 15) is 9.90 Å². The molecule has 3 aromatic carbocycles. The van der Waals surface area contributed by atoms with E-state index in [1.165, 1.54) is 33.4 Å². The summed E-state index contributed by atoms with van der Waals surface area (Å²) in [5.74, 6) is 0.616. The summed E-state index contributed by atoms with van der Waals surface area (Å²) in [5, 5.41) is 14.1. The Morgan fingerprint density at radius 3 is 1.83 bits per heavy atom. The maximum absolute atomic E-state index is 13.2. The lowest BCUT2D eigenvalue weighted by molar-refractivity contribution is 0.0804. The van der Waals surface area contributed by atoms with Gasteiger partial charge in [0.2, 0.25) is 0 Å². The third-order valence-corrected chi connectivity index (χ3v) is 7.29. The van der Waals surface area contributed by atoms with E-state index < -0.39 is 12.1 Å². The molecule has 4 heteroatoms. The fourth-order valence-electron chi connectivity index (χ4n) is 4.67. The first-order valence-electron chi connectivity index (χ1n) is 12.0. The first-order chi connectivity index (χ1) is 16.8. The van der Waals surface area contributed by atoms with Gasteiger partial charge in [0.25, 0.3) is 5.91 Å². The van der Waals surface area contributed by atoms with E-state index in [-0.39, 0.29) is 11.7 Å². The monoisotopic (exact) mass is 467 g/mol. The molecule has 4 aromatic rings. The van der Waals surface area contributed by atoms with Gasteiger partial charge in [-0.15, -0.1) is 0 Å². The van der Waals surface area contributed by atoms with Crippen molar-refractivity contribution in [3.63, 3.8) is 0 Å². The number of hydrogen-bond acceptors (Lipinski definition) is 3. The summed E-state index contributed by atoms with van der Waals surface area (Å²) < 4.78 is 6.00. The van der Waals surface area contributed by atoms with Crippen LogP contribution in [0.3, 0.4) is 0 Å². The van der Waals surface area contributed by atoms with E-state index in [2.05, 4.69) is 39.9 Å². The van der Waals surface area contributed by atoms with Crippen LogP contribution >= 0.6 is 0 Å². The molecule has 0 aliphatic rings. The third-order valence-electron chi connectivity index (χ3n) is 7.29. The minimum atomic E-state index is -0.902. The Morgan fingerprint density at radius 2 is 1.26 bits per heavy atom. The van der Waals surface area contributed by atoms with Crippen molar-refractivity contribution in [2.24, 2.45) is 0 Å². The van der Waals surface area contributed by atoms with Crippen LogP contribution in [0, 0.1) is 34.6 Å². The molecule has 2 unspecified atom stereocenters. The maximum Gasteiger partial charge on any atom is 0.287 e. The van der Waals surface area contributed by atoms with Crippen molar-refractivity contribution in [2.45, 2.75) is 53.2 Å². The van der Waals surface area contributed by atoms with Gasteiger partial charge < -0.3 is 14.8 Å². The molecule has 2 atom stereocenters. The second kappa shape index (κ2) is 10.3. The lowest BCUT2D eigenvalue weighted by Gasteiger charge is -2.24. The Hall–Kier alpha value is -3.63. The van der Waals surface area contributed by atoms with Gasteiger partial charge in [-0.05, 0) is 91.3 Å². The predicted octanol–water partition coefficient (Wildman–Crippen LogP) is 6.62. The zero-order valence-corrected chi connectivity index (χ0v) is 21.1. The highest BCUT2D eigenvalue weighted by molar-refractivity contribution is 5.91. The van der Waals surface area contributed by atoms with Gasteiger partial charge in [-0.2, -0.15) is 0 Å². The summed E-state index contributed by atoms with van der Waals surface area (Å²) in [6.45, 7) is 10.8. The highest BCUT2D eigenvalue weighted by atomic mass is 16.4. The molecule has 0 aliphatic carbocycles. The molecule has 0 radical (unpaired) electrons. The van der Waals surface area contributed by atoms with Crippen LogP contribution in [0.4, 0.5) is 0 Å². The number of furan rings is 1. The second-order valence-corrected chi connectivity index (χ2v) is 9.26. The van der Waals surface area contributed by atoms with Crippen molar-refractivity contribution >= 4 is 5.91 Å². The number of carbonyl (C=O) groups excluding carboxylic acids is 1. The Bertz CT molecular complexity index is 1290. The van der Waals surface area contributed by atoms with Crippen molar-refractivity contribution in [1.29, 1.82) is 0 Å². The van der Waals surface area contributed by atoms with Gasteiger partial charge in [-0.1, -0.05) is 60.7 Å². The maximum atomic E-state index is 13.2. The smallest absolute Gasteiger partial charge is 0.287 e. The van der Waals surface area contributed by atoms with Gasteiger partial charge in [0.05, 0.1) is 6.04 Å². The Balaban J connectivity index is 1.58. The zero-order chi connectivity index (χ0) is 25.1. The van der Waals surface area contributed by atoms with Crippen molar-refractivity contribution < 1.29 is 14.3 Å². The summed E-state index contributed by atoms with van der Waals surface area (Å²) >= 11 is 0. The van der Waals surface area contributed by atoms with Crippen LogP contribution in [-0.2, 0) is 6.42 Å². The Kier molecular flexibility index (Phi) is 7.23. The average Bonchev–Trinajstić information content (AvgIpc) is 3.37.